The highest BCUT2D eigenvalue weighted by atomic mass is 16.4. The lowest BCUT2D eigenvalue weighted by Gasteiger charge is -2.04. The van der Waals surface area contributed by atoms with E-state index in [1.54, 1.807) is 18.3 Å². The highest BCUT2D eigenvalue weighted by molar-refractivity contribution is 5.94. The number of hydrogen-bond acceptors (Lipinski definition) is 6. The second-order valence-corrected chi connectivity index (χ2v) is 4.79. The molecule has 0 fully saturated rings. The summed E-state index contributed by atoms with van der Waals surface area (Å²) < 4.78 is 1.48. The number of imidazole rings is 1. The third-order valence-corrected chi connectivity index (χ3v) is 3.07. The first-order valence-electron chi connectivity index (χ1n) is 6.57. The van der Waals surface area contributed by atoms with Crippen LogP contribution in [0.5, 0.6) is 0 Å². The number of nitrogens with two attached hydrogens (primary N) is 1. The number of carbonyl (C=O) groups excluding carboxylic acids is 1. The molecular weight excluding hydrogens is 300 g/mol. The Bertz CT molecular complexity index is 933. The molecule has 3 rings (SSSR count). The van der Waals surface area contributed by atoms with Crippen molar-refractivity contribution in [3.05, 3.63) is 36.2 Å². The van der Waals surface area contributed by atoms with E-state index in [2.05, 4.69) is 20.4 Å². The Morgan fingerprint density at radius 1 is 1.35 bits per heavy atom. The first-order valence-corrected chi connectivity index (χ1v) is 6.57. The average Bonchev–Trinajstić information content (AvgIpc) is 2.87. The maximum Gasteiger partial charge on any atom is 0.339 e. The van der Waals surface area contributed by atoms with E-state index in [1.165, 1.54) is 23.7 Å². The summed E-state index contributed by atoms with van der Waals surface area (Å²) >= 11 is 0. The van der Waals surface area contributed by atoms with E-state index in [0.29, 0.717) is 22.7 Å². The van der Waals surface area contributed by atoms with Gasteiger partial charge in [0.2, 0.25) is 5.91 Å². The first-order chi connectivity index (χ1) is 10.9. The van der Waals surface area contributed by atoms with E-state index in [0.717, 1.165) is 0 Å². The van der Waals surface area contributed by atoms with Crippen LogP contribution in [0.1, 0.15) is 17.3 Å². The fourth-order valence-corrected chi connectivity index (χ4v) is 2.06. The van der Waals surface area contributed by atoms with E-state index in [9.17, 15) is 9.59 Å². The van der Waals surface area contributed by atoms with Gasteiger partial charge >= 0.3 is 5.97 Å². The van der Waals surface area contributed by atoms with Crippen LogP contribution in [0.3, 0.4) is 0 Å². The van der Waals surface area contributed by atoms with Gasteiger partial charge < -0.3 is 16.2 Å². The van der Waals surface area contributed by atoms with Crippen LogP contribution in [-0.2, 0) is 4.79 Å². The number of rotatable bonds is 3. The van der Waals surface area contributed by atoms with Gasteiger partial charge in [-0.2, -0.15) is 5.10 Å². The molecule has 0 spiro atoms. The van der Waals surface area contributed by atoms with Crippen molar-refractivity contribution in [3.63, 3.8) is 0 Å². The maximum atomic E-state index is 11.1. The standard InChI is InChI=1S/C14H12N6O3/c1-7(21)17-11-6-20-12(18-11)3-2-10(19-20)8-4-9(14(22)23)13(15)16-5-8/h2-6H,1H3,(H2,15,16)(H,17,21)(H,22,23). The number of carboxylic acids is 1. The molecule has 0 radical (unpaired) electrons. The van der Waals surface area contributed by atoms with Gasteiger partial charge in [0.05, 0.1) is 11.9 Å². The molecule has 0 unspecified atom stereocenters. The van der Waals surface area contributed by atoms with E-state index in [4.69, 9.17) is 10.8 Å². The number of pyridine rings is 1. The number of anilines is 2. The van der Waals surface area contributed by atoms with Crippen LogP contribution in [0.25, 0.3) is 16.9 Å². The normalized spacial score (nSPS) is 10.7. The number of amides is 1. The number of aromatic nitrogens is 4. The molecular formula is C14H12N6O3. The molecule has 3 heterocycles. The zero-order valence-corrected chi connectivity index (χ0v) is 12.0. The molecule has 0 aromatic carbocycles. The highest BCUT2D eigenvalue weighted by Gasteiger charge is 2.12. The second kappa shape index (κ2) is 5.37. The molecule has 9 nitrogen and oxygen atoms in total. The van der Waals surface area contributed by atoms with Crippen LogP contribution in [0, 0.1) is 0 Å². The topological polar surface area (TPSA) is 136 Å². The molecule has 0 aliphatic heterocycles. The van der Waals surface area contributed by atoms with E-state index in [1.807, 2.05) is 0 Å². The summed E-state index contributed by atoms with van der Waals surface area (Å²) in [5, 5.41) is 16.0. The Morgan fingerprint density at radius 3 is 2.83 bits per heavy atom. The summed E-state index contributed by atoms with van der Waals surface area (Å²) in [6.45, 7) is 1.39. The van der Waals surface area contributed by atoms with Crippen LogP contribution in [0.15, 0.2) is 30.6 Å². The largest absolute Gasteiger partial charge is 0.478 e. The lowest BCUT2D eigenvalue weighted by molar-refractivity contribution is -0.114. The Morgan fingerprint density at radius 2 is 2.13 bits per heavy atom. The van der Waals surface area contributed by atoms with E-state index < -0.39 is 5.97 Å². The van der Waals surface area contributed by atoms with Gasteiger partial charge in [-0.15, -0.1) is 0 Å². The fraction of sp³-hybridized carbons (Fsp3) is 0.0714. The van der Waals surface area contributed by atoms with Crippen molar-refractivity contribution in [1.29, 1.82) is 0 Å². The van der Waals surface area contributed by atoms with E-state index in [-0.39, 0.29) is 17.3 Å². The Hall–Kier alpha value is -3.49. The minimum Gasteiger partial charge on any atom is -0.478 e. The lowest BCUT2D eigenvalue weighted by atomic mass is 10.1. The van der Waals surface area contributed by atoms with Gasteiger partial charge in [-0.25, -0.2) is 19.3 Å². The number of nitrogens with one attached hydrogen (secondary N) is 1. The summed E-state index contributed by atoms with van der Waals surface area (Å²) in [4.78, 5) is 30.2. The Balaban J connectivity index is 2.05. The summed E-state index contributed by atoms with van der Waals surface area (Å²) in [5.74, 6) is -1.07. The van der Waals surface area contributed by atoms with Gasteiger partial charge in [0.25, 0.3) is 0 Å². The zero-order chi connectivity index (χ0) is 16.6. The van der Waals surface area contributed by atoms with Gasteiger partial charge in [0.1, 0.15) is 11.4 Å². The van der Waals surface area contributed by atoms with Crippen LogP contribution < -0.4 is 11.1 Å². The average molecular weight is 312 g/mol. The number of nitrogen functional groups attached to an aromatic ring is 1. The third-order valence-electron chi connectivity index (χ3n) is 3.07. The minimum atomic E-state index is -1.16. The van der Waals surface area contributed by atoms with Gasteiger partial charge in [0.15, 0.2) is 11.5 Å². The minimum absolute atomic E-state index is 0.0575. The number of aromatic carboxylic acids is 1. The van der Waals surface area contributed by atoms with Crippen molar-refractivity contribution in [2.45, 2.75) is 6.92 Å². The predicted molar refractivity (Wildman–Crippen MR) is 81.9 cm³/mol. The number of fused-ring (bicyclic) bond motifs is 1. The number of carboxylic acid groups (broad SMARTS) is 1. The molecule has 23 heavy (non-hydrogen) atoms. The first kappa shape index (κ1) is 14.4. The van der Waals surface area contributed by atoms with Gasteiger partial charge in [0, 0.05) is 18.7 Å². The predicted octanol–water partition coefficient (Wildman–Crippen LogP) is 1.03. The SMILES string of the molecule is CC(=O)Nc1cn2nc(-c3cnc(N)c(C(=O)O)c3)ccc2n1. The third kappa shape index (κ3) is 2.79. The molecule has 0 bridgehead atoms. The lowest BCUT2D eigenvalue weighted by Crippen LogP contribution is -2.05. The number of hydrogen-bond donors (Lipinski definition) is 3. The van der Waals surface area contributed by atoms with Crippen molar-refractivity contribution in [2.24, 2.45) is 0 Å². The Labute approximate surface area is 129 Å². The van der Waals surface area contributed by atoms with Crippen LogP contribution in [-0.4, -0.2) is 36.6 Å². The summed E-state index contributed by atoms with van der Waals surface area (Å²) in [6.07, 6.45) is 3.00. The number of carbonyl (C=O) groups is 2. The summed E-state index contributed by atoms with van der Waals surface area (Å²) in [6, 6.07) is 4.79. The smallest absolute Gasteiger partial charge is 0.339 e. The molecule has 0 saturated heterocycles. The van der Waals surface area contributed by atoms with E-state index >= 15 is 0 Å². The van der Waals surface area contributed by atoms with Crippen molar-refractivity contribution in [1.82, 2.24) is 19.6 Å². The molecule has 9 heteroatoms. The van der Waals surface area contributed by atoms with Crippen LogP contribution >= 0.6 is 0 Å². The summed E-state index contributed by atoms with van der Waals surface area (Å²) in [5.41, 5.74) is 7.00. The zero-order valence-electron chi connectivity index (χ0n) is 12.0. The summed E-state index contributed by atoms with van der Waals surface area (Å²) in [7, 11) is 0. The molecule has 116 valence electrons. The van der Waals surface area contributed by atoms with Crippen molar-refractivity contribution in [2.75, 3.05) is 11.1 Å². The quantitative estimate of drug-likeness (QED) is 0.657. The fourth-order valence-electron chi connectivity index (χ4n) is 2.06. The molecule has 0 aliphatic carbocycles. The van der Waals surface area contributed by atoms with Crippen LogP contribution in [0.4, 0.5) is 11.6 Å². The molecule has 3 aromatic rings. The monoisotopic (exact) mass is 312 g/mol. The van der Waals surface area contributed by atoms with Crippen molar-refractivity contribution in [3.8, 4) is 11.3 Å². The molecule has 3 aromatic heterocycles. The van der Waals surface area contributed by atoms with Gasteiger partial charge in [-0.1, -0.05) is 0 Å². The molecule has 0 atom stereocenters. The number of nitrogens with zero attached hydrogens (tertiary/aromatic N) is 4. The molecule has 4 N–H and O–H groups in total. The molecule has 0 aliphatic rings. The second-order valence-electron chi connectivity index (χ2n) is 4.79. The maximum absolute atomic E-state index is 11.1. The van der Waals surface area contributed by atoms with Crippen molar-refractivity contribution < 1.29 is 14.7 Å². The van der Waals surface area contributed by atoms with Gasteiger partial charge in [-0.3, -0.25) is 4.79 Å². The highest BCUT2D eigenvalue weighted by Crippen LogP contribution is 2.21. The van der Waals surface area contributed by atoms with Gasteiger partial charge in [-0.05, 0) is 18.2 Å². The van der Waals surface area contributed by atoms with Crippen molar-refractivity contribution >= 4 is 29.2 Å². The molecule has 0 saturated carbocycles. The van der Waals surface area contributed by atoms with Crippen LogP contribution in [0.2, 0.25) is 0 Å². The Kier molecular flexibility index (Phi) is 3.37. The molecule has 1 amide bonds.